The number of aliphatic hydroxyl groups excluding tert-OH is 1. The van der Waals surface area contributed by atoms with Gasteiger partial charge >= 0.3 is 0 Å². The minimum absolute atomic E-state index is 0.231. The summed E-state index contributed by atoms with van der Waals surface area (Å²) in [5, 5.41) is 9.80. The molecular weight excluding hydrogens is 186 g/mol. The van der Waals surface area contributed by atoms with Crippen LogP contribution in [-0.4, -0.2) is 10.1 Å². The third-order valence-electron chi connectivity index (χ3n) is 2.04. The lowest BCUT2D eigenvalue weighted by atomic mass is 10.1. The van der Waals surface area contributed by atoms with Gasteiger partial charge in [-0.25, -0.2) is 0 Å². The number of rotatable bonds is 2. The van der Waals surface area contributed by atoms with Crippen LogP contribution in [0.5, 0.6) is 0 Å². The molecule has 0 aliphatic heterocycles. The van der Waals surface area contributed by atoms with E-state index in [1.54, 1.807) is 12.3 Å². The predicted octanol–water partition coefficient (Wildman–Crippen LogP) is 3.14. The highest BCUT2D eigenvalue weighted by Crippen LogP contribution is 2.13. The molecule has 1 heterocycles. The monoisotopic (exact) mass is 197 g/mol. The van der Waals surface area contributed by atoms with Crippen molar-refractivity contribution in [2.75, 3.05) is 0 Å². The van der Waals surface area contributed by atoms with Crippen molar-refractivity contribution < 1.29 is 5.11 Å². The van der Waals surface area contributed by atoms with Gasteiger partial charge in [0.05, 0.1) is 5.69 Å². The van der Waals surface area contributed by atoms with Gasteiger partial charge in [-0.15, -0.1) is 0 Å². The van der Waals surface area contributed by atoms with Gasteiger partial charge in [0.1, 0.15) is 5.76 Å². The van der Waals surface area contributed by atoms with Gasteiger partial charge < -0.3 is 5.11 Å². The third-order valence-corrected chi connectivity index (χ3v) is 2.04. The first-order chi connectivity index (χ1) is 7.36. The molecule has 1 N–H and O–H groups in total. The van der Waals surface area contributed by atoms with Crippen LogP contribution in [-0.2, 0) is 0 Å². The van der Waals surface area contributed by atoms with Gasteiger partial charge in [-0.3, -0.25) is 4.98 Å². The molecule has 0 amide bonds. The summed E-state index contributed by atoms with van der Waals surface area (Å²) < 4.78 is 0. The molecule has 74 valence electrons. The Morgan fingerprint density at radius 1 is 1.00 bits per heavy atom. The minimum atomic E-state index is 0.231. The van der Waals surface area contributed by atoms with Crippen molar-refractivity contribution in [3.63, 3.8) is 0 Å². The fourth-order valence-electron chi connectivity index (χ4n) is 1.29. The maximum atomic E-state index is 9.80. The van der Waals surface area contributed by atoms with Gasteiger partial charge in [-0.05, 0) is 12.1 Å². The molecule has 1 aromatic carbocycles. The zero-order valence-corrected chi connectivity index (χ0v) is 8.17. The molecule has 2 nitrogen and oxygen atoms in total. The molecule has 0 radical (unpaired) electrons. The Kier molecular flexibility index (Phi) is 2.79. The van der Waals surface area contributed by atoms with Crippen molar-refractivity contribution in [1.82, 2.24) is 4.98 Å². The van der Waals surface area contributed by atoms with E-state index in [0.29, 0.717) is 0 Å². The lowest BCUT2D eigenvalue weighted by Gasteiger charge is -1.99. The van der Waals surface area contributed by atoms with Crippen molar-refractivity contribution in [3.8, 4) is 0 Å². The molecule has 0 bridgehead atoms. The summed E-state index contributed by atoms with van der Waals surface area (Å²) in [5.74, 6) is 0.231. The summed E-state index contributed by atoms with van der Waals surface area (Å²) in [4.78, 5) is 4.11. The van der Waals surface area contributed by atoms with E-state index in [4.69, 9.17) is 0 Å². The fraction of sp³-hybridized carbons (Fsp3) is 0. The Morgan fingerprint density at radius 3 is 2.40 bits per heavy atom. The molecule has 0 aliphatic rings. The molecule has 0 saturated heterocycles. The lowest BCUT2D eigenvalue weighted by molar-refractivity contribution is 0.515. The van der Waals surface area contributed by atoms with Crippen LogP contribution in [0.15, 0.2) is 54.7 Å². The second-order valence-electron chi connectivity index (χ2n) is 3.15. The van der Waals surface area contributed by atoms with E-state index in [1.165, 1.54) is 0 Å². The molecule has 0 atom stereocenters. The Morgan fingerprint density at radius 2 is 1.73 bits per heavy atom. The van der Waals surface area contributed by atoms with E-state index in [0.717, 1.165) is 11.3 Å². The normalized spacial score (nSPS) is 11.3. The number of nitrogens with zero attached hydrogens (tertiary/aromatic N) is 1. The second kappa shape index (κ2) is 4.42. The lowest BCUT2D eigenvalue weighted by Crippen LogP contribution is -1.83. The highest BCUT2D eigenvalue weighted by molar-refractivity contribution is 5.74. The minimum Gasteiger partial charge on any atom is -0.507 e. The van der Waals surface area contributed by atoms with Crippen LogP contribution in [0, 0.1) is 0 Å². The number of hydrogen-bond acceptors (Lipinski definition) is 2. The molecule has 1 aromatic heterocycles. The molecular formula is C13H11NO. The average molecular weight is 197 g/mol. The number of aromatic nitrogens is 1. The molecule has 2 heteroatoms. The molecule has 0 fully saturated rings. The zero-order chi connectivity index (χ0) is 10.5. The van der Waals surface area contributed by atoms with Crippen molar-refractivity contribution in [2.45, 2.75) is 0 Å². The van der Waals surface area contributed by atoms with E-state index in [-0.39, 0.29) is 5.76 Å². The van der Waals surface area contributed by atoms with Gasteiger partial charge in [0.15, 0.2) is 0 Å². The SMILES string of the molecule is O/C(=C\c1ccccn1)c1ccccc1. The first-order valence-electron chi connectivity index (χ1n) is 4.73. The Labute approximate surface area is 88.5 Å². The van der Waals surface area contributed by atoms with E-state index < -0.39 is 0 Å². The summed E-state index contributed by atoms with van der Waals surface area (Å²) >= 11 is 0. The molecule has 2 aromatic rings. The number of aliphatic hydroxyl groups is 1. The largest absolute Gasteiger partial charge is 0.507 e. The van der Waals surface area contributed by atoms with Gasteiger partial charge in [0.25, 0.3) is 0 Å². The Hall–Kier alpha value is -2.09. The summed E-state index contributed by atoms with van der Waals surface area (Å²) in [6.45, 7) is 0. The van der Waals surface area contributed by atoms with Crippen LogP contribution in [0.4, 0.5) is 0 Å². The number of pyridine rings is 1. The Bertz CT molecular complexity index is 448. The highest BCUT2D eigenvalue weighted by atomic mass is 16.3. The van der Waals surface area contributed by atoms with E-state index in [9.17, 15) is 5.11 Å². The van der Waals surface area contributed by atoms with E-state index in [1.807, 2.05) is 48.5 Å². The van der Waals surface area contributed by atoms with Gasteiger partial charge in [0.2, 0.25) is 0 Å². The quantitative estimate of drug-likeness (QED) is 0.750. The first kappa shape index (κ1) is 9.46. The van der Waals surface area contributed by atoms with E-state index >= 15 is 0 Å². The number of benzene rings is 1. The third kappa shape index (κ3) is 2.44. The molecule has 15 heavy (non-hydrogen) atoms. The molecule has 0 aliphatic carbocycles. The summed E-state index contributed by atoms with van der Waals surface area (Å²) in [6, 6.07) is 15.0. The van der Waals surface area contributed by atoms with Gasteiger partial charge in [-0.2, -0.15) is 0 Å². The summed E-state index contributed by atoms with van der Waals surface area (Å²) in [6.07, 6.45) is 3.35. The summed E-state index contributed by atoms with van der Waals surface area (Å²) in [7, 11) is 0. The second-order valence-corrected chi connectivity index (χ2v) is 3.15. The Balaban J connectivity index is 2.29. The van der Waals surface area contributed by atoms with Crippen molar-refractivity contribution in [3.05, 3.63) is 66.0 Å². The smallest absolute Gasteiger partial charge is 0.124 e. The molecule has 0 spiro atoms. The van der Waals surface area contributed by atoms with Crippen LogP contribution in [0.1, 0.15) is 11.3 Å². The summed E-state index contributed by atoms with van der Waals surface area (Å²) in [5.41, 5.74) is 1.54. The number of hydrogen-bond donors (Lipinski definition) is 1. The molecule has 2 rings (SSSR count). The topological polar surface area (TPSA) is 33.1 Å². The predicted molar refractivity (Wildman–Crippen MR) is 61.2 cm³/mol. The fourth-order valence-corrected chi connectivity index (χ4v) is 1.29. The van der Waals surface area contributed by atoms with Crippen LogP contribution in [0.2, 0.25) is 0 Å². The highest BCUT2D eigenvalue weighted by Gasteiger charge is 1.97. The molecule has 0 unspecified atom stereocenters. The zero-order valence-electron chi connectivity index (χ0n) is 8.17. The van der Waals surface area contributed by atoms with Crippen LogP contribution >= 0.6 is 0 Å². The average Bonchev–Trinajstić information content (AvgIpc) is 2.31. The first-order valence-corrected chi connectivity index (χ1v) is 4.73. The van der Waals surface area contributed by atoms with Crippen LogP contribution in [0.25, 0.3) is 11.8 Å². The maximum Gasteiger partial charge on any atom is 0.124 e. The van der Waals surface area contributed by atoms with Crippen LogP contribution < -0.4 is 0 Å². The molecule has 0 saturated carbocycles. The maximum absolute atomic E-state index is 9.80. The van der Waals surface area contributed by atoms with Crippen molar-refractivity contribution in [2.24, 2.45) is 0 Å². The van der Waals surface area contributed by atoms with Crippen LogP contribution in [0.3, 0.4) is 0 Å². The standard InChI is InChI=1S/C13H11NO/c15-13(11-6-2-1-3-7-11)10-12-8-4-5-9-14-12/h1-10,15H/b13-10-. The van der Waals surface area contributed by atoms with Crippen molar-refractivity contribution in [1.29, 1.82) is 0 Å². The van der Waals surface area contributed by atoms with E-state index in [2.05, 4.69) is 4.98 Å². The van der Waals surface area contributed by atoms with Gasteiger partial charge in [0, 0.05) is 17.8 Å². The van der Waals surface area contributed by atoms with Crippen molar-refractivity contribution >= 4 is 11.8 Å². The van der Waals surface area contributed by atoms with Gasteiger partial charge in [-0.1, -0.05) is 36.4 Å².